The van der Waals surface area contributed by atoms with Crippen LogP contribution in [0.4, 0.5) is 10.1 Å². The first-order valence-electron chi connectivity index (χ1n) is 7.29. The zero-order valence-corrected chi connectivity index (χ0v) is 13.0. The van der Waals surface area contributed by atoms with E-state index < -0.39 is 11.9 Å². The Balaban J connectivity index is 1.98. The molecule has 4 heteroatoms. The highest BCUT2D eigenvalue weighted by Gasteiger charge is 2.16. The summed E-state index contributed by atoms with van der Waals surface area (Å²) in [5.74, 6) is -0.294. The average molecular weight is 301 g/mol. The molecule has 3 nitrogen and oxygen atoms in total. The molecule has 2 rings (SSSR count). The van der Waals surface area contributed by atoms with Crippen LogP contribution in [0.25, 0.3) is 0 Å². The molecule has 0 aliphatic carbocycles. The Labute approximate surface area is 130 Å². The van der Waals surface area contributed by atoms with Gasteiger partial charge in [0, 0.05) is 5.69 Å². The lowest BCUT2D eigenvalue weighted by molar-refractivity contribution is -0.122. The third kappa shape index (κ3) is 4.07. The van der Waals surface area contributed by atoms with Crippen LogP contribution in [0.15, 0.2) is 48.5 Å². The van der Waals surface area contributed by atoms with Gasteiger partial charge in [-0.1, -0.05) is 38.1 Å². The van der Waals surface area contributed by atoms with Gasteiger partial charge in [0.05, 0.1) is 0 Å². The van der Waals surface area contributed by atoms with Crippen molar-refractivity contribution in [1.29, 1.82) is 0 Å². The molecular formula is C18H20FNO2. The maximum Gasteiger partial charge on any atom is 0.265 e. The van der Waals surface area contributed by atoms with Gasteiger partial charge in [0.25, 0.3) is 5.91 Å². The fourth-order valence-corrected chi connectivity index (χ4v) is 1.98. The Hall–Kier alpha value is -2.36. The molecule has 0 saturated heterocycles. The molecule has 22 heavy (non-hydrogen) atoms. The highest BCUT2D eigenvalue weighted by Crippen LogP contribution is 2.19. The van der Waals surface area contributed by atoms with E-state index >= 15 is 0 Å². The highest BCUT2D eigenvalue weighted by atomic mass is 19.1. The van der Waals surface area contributed by atoms with E-state index in [0.29, 0.717) is 11.6 Å². The molecule has 1 atom stereocenters. The summed E-state index contributed by atoms with van der Waals surface area (Å²) in [6.45, 7) is 5.81. The number of ether oxygens (including phenoxy) is 1. The van der Waals surface area contributed by atoms with Gasteiger partial charge in [-0.3, -0.25) is 4.79 Å². The molecule has 0 unspecified atom stereocenters. The van der Waals surface area contributed by atoms with E-state index in [0.717, 1.165) is 0 Å². The SMILES string of the molecule is CC(C)c1ccc(NC(=O)[C@H](C)Oc2ccccc2F)cc1. The van der Waals surface area contributed by atoms with E-state index in [1.165, 1.54) is 17.7 Å². The summed E-state index contributed by atoms with van der Waals surface area (Å²) in [6, 6.07) is 13.7. The van der Waals surface area contributed by atoms with Crippen molar-refractivity contribution >= 4 is 11.6 Å². The van der Waals surface area contributed by atoms with Crippen molar-refractivity contribution in [3.05, 3.63) is 59.9 Å². The minimum absolute atomic E-state index is 0.0697. The Kier molecular flexibility index (Phi) is 5.15. The summed E-state index contributed by atoms with van der Waals surface area (Å²) < 4.78 is 18.9. The first-order valence-corrected chi connectivity index (χ1v) is 7.29. The Morgan fingerprint density at radius 2 is 1.68 bits per heavy atom. The zero-order valence-electron chi connectivity index (χ0n) is 13.0. The molecule has 2 aromatic rings. The van der Waals surface area contributed by atoms with Crippen molar-refractivity contribution in [2.45, 2.75) is 32.8 Å². The van der Waals surface area contributed by atoms with Crippen molar-refractivity contribution < 1.29 is 13.9 Å². The first-order chi connectivity index (χ1) is 10.5. The number of anilines is 1. The quantitative estimate of drug-likeness (QED) is 0.891. The van der Waals surface area contributed by atoms with Gasteiger partial charge in [0.2, 0.25) is 0 Å². The predicted octanol–water partition coefficient (Wildman–Crippen LogP) is 4.36. The van der Waals surface area contributed by atoms with E-state index in [9.17, 15) is 9.18 Å². The van der Waals surface area contributed by atoms with Crippen LogP contribution >= 0.6 is 0 Å². The van der Waals surface area contributed by atoms with E-state index in [4.69, 9.17) is 4.74 Å². The molecule has 0 aliphatic heterocycles. The molecule has 0 aromatic heterocycles. The second-order valence-corrected chi connectivity index (χ2v) is 5.46. The van der Waals surface area contributed by atoms with Crippen LogP contribution in [0.1, 0.15) is 32.3 Å². The standard InChI is InChI=1S/C18H20FNO2/c1-12(2)14-8-10-15(11-9-14)20-18(21)13(3)22-17-7-5-4-6-16(17)19/h4-13H,1-3H3,(H,20,21)/t13-/m0/s1. The Morgan fingerprint density at radius 1 is 1.05 bits per heavy atom. The van der Waals surface area contributed by atoms with Crippen LogP contribution in [0, 0.1) is 5.82 Å². The van der Waals surface area contributed by atoms with Gasteiger partial charge in [-0.2, -0.15) is 0 Å². The first kappa shape index (κ1) is 16.0. The molecule has 0 saturated carbocycles. The van der Waals surface area contributed by atoms with Crippen LogP contribution in [-0.4, -0.2) is 12.0 Å². The molecule has 116 valence electrons. The Morgan fingerprint density at radius 3 is 2.27 bits per heavy atom. The molecule has 0 spiro atoms. The third-order valence-electron chi connectivity index (χ3n) is 3.35. The summed E-state index contributed by atoms with van der Waals surface area (Å²) >= 11 is 0. The lowest BCUT2D eigenvalue weighted by Gasteiger charge is -2.15. The lowest BCUT2D eigenvalue weighted by Crippen LogP contribution is -2.30. The molecule has 0 heterocycles. The third-order valence-corrected chi connectivity index (χ3v) is 3.35. The maximum atomic E-state index is 13.5. The fourth-order valence-electron chi connectivity index (χ4n) is 1.98. The molecule has 2 aromatic carbocycles. The monoisotopic (exact) mass is 301 g/mol. The number of para-hydroxylation sites is 1. The van der Waals surface area contributed by atoms with Crippen molar-refractivity contribution in [3.63, 3.8) is 0 Å². The van der Waals surface area contributed by atoms with Crippen molar-refractivity contribution in [2.24, 2.45) is 0 Å². The molecule has 1 amide bonds. The largest absolute Gasteiger partial charge is 0.478 e. The van der Waals surface area contributed by atoms with E-state index in [-0.39, 0.29) is 11.7 Å². The van der Waals surface area contributed by atoms with Crippen molar-refractivity contribution in [2.75, 3.05) is 5.32 Å². The van der Waals surface area contributed by atoms with Crippen LogP contribution in [0.3, 0.4) is 0 Å². The number of benzene rings is 2. The minimum atomic E-state index is -0.790. The van der Waals surface area contributed by atoms with Crippen LogP contribution < -0.4 is 10.1 Å². The molecule has 0 bridgehead atoms. The number of rotatable bonds is 5. The van der Waals surface area contributed by atoms with Gasteiger partial charge >= 0.3 is 0 Å². The molecule has 0 radical (unpaired) electrons. The molecule has 1 N–H and O–H groups in total. The lowest BCUT2D eigenvalue weighted by atomic mass is 10.0. The number of hydrogen-bond acceptors (Lipinski definition) is 2. The topological polar surface area (TPSA) is 38.3 Å². The second kappa shape index (κ2) is 7.07. The van der Waals surface area contributed by atoms with Crippen LogP contribution in [0.2, 0.25) is 0 Å². The predicted molar refractivity (Wildman–Crippen MR) is 85.7 cm³/mol. The Bertz CT molecular complexity index is 638. The number of carbonyl (C=O) groups excluding carboxylic acids is 1. The van der Waals surface area contributed by atoms with E-state index in [2.05, 4.69) is 19.2 Å². The number of carbonyl (C=O) groups is 1. The summed E-state index contributed by atoms with van der Waals surface area (Å²) in [6.07, 6.45) is -0.790. The maximum absolute atomic E-state index is 13.5. The normalized spacial score (nSPS) is 12.0. The summed E-state index contributed by atoms with van der Waals surface area (Å²) in [5.41, 5.74) is 1.90. The average Bonchev–Trinajstić information content (AvgIpc) is 2.50. The van der Waals surface area contributed by atoms with Crippen LogP contribution in [0.5, 0.6) is 5.75 Å². The zero-order chi connectivity index (χ0) is 16.1. The number of nitrogens with one attached hydrogen (secondary N) is 1. The summed E-state index contributed by atoms with van der Waals surface area (Å²) in [4.78, 5) is 12.1. The van der Waals surface area contributed by atoms with Gasteiger partial charge in [-0.25, -0.2) is 4.39 Å². The van der Waals surface area contributed by atoms with Crippen LogP contribution in [-0.2, 0) is 4.79 Å². The van der Waals surface area contributed by atoms with Gasteiger partial charge in [-0.05, 0) is 42.7 Å². The molecule has 0 aliphatic rings. The van der Waals surface area contributed by atoms with E-state index in [1.807, 2.05) is 24.3 Å². The fraction of sp³-hybridized carbons (Fsp3) is 0.278. The van der Waals surface area contributed by atoms with Crippen molar-refractivity contribution in [3.8, 4) is 5.75 Å². The summed E-state index contributed by atoms with van der Waals surface area (Å²) in [5, 5.41) is 2.76. The van der Waals surface area contributed by atoms with Gasteiger partial charge in [0.1, 0.15) is 0 Å². The van der Waals surface area contributed by atoms with Gasteiger partial charge < -0.3 is 10.1 Å². The van der Waals surface area contributed by atoms with E-state index in [1.54, 1.807) is 19.1 Å². The number of hydrogen-bond donors (Lipinski definition) is 1. The van der Waals surface area contributed by atoms with Gasteiger partial charge in [-0.15, -0.1) is 0 Å². The highest BCUT2D eigenvalue weighted by molar-refractivity contribution is 5.94. The number of halogens is 1. The molecule has 0 fully saturated rings. The van der Waals surface area contributed by atoms with Crippen molar-refractivity contribution in [1.82, 2.24) is 0 Å². The molecular weight excluding hydrogens is 281 g/mol. The van der Waals surface area contributed by atoms with Gasteiger partial charge in [0.15, 0.2) is 17.7 Å². The minimum Gasteiger partial charge on any atom is -0.478 e. The summed E-state index contributed by atoms with van der Waals surface area (Å²) in [7, 11) is 0. The smallest absolute Gasteiger partial charge is 0.265 e. The number of amides is 1. The second-order valence-electron chi connectivity index (χ2n) is 5.46.